The molecule has 1 rings (SSSR count). The van der Waals surface area contributed by atoms with Crippen LogP contribution in [0, 0.1) is 11.2 Å². The average molecular weight is 238 g/mol. The van der Waals surface area contributed by atoms with E-state index in [1.807, 2.05) is 6.07 Å². The number of nitrogens with two attached hydrogens (primary N) is 1. The summed E-state index contributed by atoms with van der Waals surface area (Å²) in [7, 11) is 0. The molecule has 2 nitrogen and oxygen atoms in total. The molecule has 0 bridgehead atoms. The summed E-state index contributed by atoms with van der Waals surface area (Å²) in [5.74, 6) is -0.188. The van der Waals surface area contributed by atoms with E-state index < -0.39 is 0 Å². The largest absolute Gasteiger partial charge is 0.371 e. The molecular formula is C14H23FN2. The van der Waals surface area contributed by atoms with Gasteiger partial charge in [0, 0.05) is 18.8 Å². The van der Waals surface area contributed by atoms with Crippen LogP contribution < -0.4 is 10.6 Å². The second-order valence-electron chi connectivity index (χ2n) is 4.86. The van der Waals surface area contributed by atoms with Crippen molar-refractivity contribution in [3.63, 3.8) is 0 Å². The van der Waals surface area contributed by atoms with E-state index in [4.69, 9.17) is 5.73 Å². The molecule has 0 fully saturated rings. The molecule has 2 N–H and O–H groups in total. The molecule has 96 valence electrons. The molecule has 0 amide bonds. The van der Waals surface area contributed by atoms with Crippen LogP contribution in [0.4, 0.5) is 10.1 Å². The first-order valence-electron chi connectivity index (χ1n) is 6.25. The van der Waals surface area contributed by atoms with E-state index in [0.29, 0.717) is 6.54 Å². The molecule has 1 aromatic carbocycles. The molecule has 0 aliphatic heterocycles. The number of halogens is 1. The molecule has 0 spiro atoms. The molecule has 0 heterocycles. The van der Waals surface area contributed by atoms with Crippen molar-refractivity contribution in [3.05, 3.63) is 30.1 Å². The van der Waals surface area contributed by atoms with E-state index in [1.165, 1.54) is 6.07 Å². The topological polar surface area (TPSA) is 29.3 Å². The minimum atomic E-state index is -0.188. The summed E-state index contributed by atoms with van der Waals surface area (Å²) in [6, 6.07) is 6.74. The lowest BCUT2D eigenvalue weighted by Gasteiger charge is -2.34. The van der Waals surface area contributed by atoms with E-state index in [2.05, 4.69) is 25.7 Å². The zero-order valence-corrected chi connectivity index (χ0v) is 11.0. The lowest BCUT2D eigenvalue weighted by molar-refractivity contribution is 0.325. The zero-order chi connectivity index (χ0) is 12.9. The van der Waals surface area contributed by atoms with Crippen LogP contribution in [0.2, 0.25) is 0 Å². The van der Waals surface area contributed by atoms with Crippen LogP contribution >= 0.6 is 0 Å². The number of anilines is 1. The third-order valence-electron chi connectivity index (χ3n) is 3.47. The highest BCUT2D eigenvalue weighted by atomic mass is 19.1. The van der Waals surface area contributed by atoms with Crippen molar-refractivity contribution >= 4 is 5.69 Å². The number of benzene rings is 1. The maximum absolute atomic E-state index is 13.2. The van der Waals surface area contributed by atoms with Crippen LogP contribution in [0.1, 0.15) is 27.2 Å². The molecule has 0 radical (unpaired) electrons. The van der Waals surface area contributed by atoms with Crippen molar-refractivity contribution in [2.75, 3.05) is 24.5 Å². The number of hydrogen-bond donors (Lipinski definition) is 1. The summed E-state index contributed by atoms with van der Waals surface area (Å²) in [6.45, 7) is 8.77. The lowest BCUT2D eigenvalue weighted by Crippen LogP contribution is -2.40. The quantitative estimate of drug-likeness (QED) is 0.825. The minimum Gasteiger partial charge on any atom is -0.371 e. The van der Waals surface area contributed by atoms with Gasteiger partial charge in [-0.3, -0.25) is 0 Å². The lowest BCUT2D eigenvalue weighted by atomic mass is 9.87. The Morgan fingerprint density at radius 2 is 2.06 bits per heavy atom. The predicted molar refractivity (Wildman–Crippen MR) is 71.7 cm³/mol. The normalized spacial score (nSPS) is 14.4. The summed E-state index contributed by atoms with van der Waals surface area (Å²) in [5, 5.41) is 0. The van der Waals surface area contributed by atoms with Gasteiger partial charge in [-0.25, -0.2) is 4.39 Å². The Kier molecular flexibility index (Phi) is 4.94. The molecule has 0 saturated heterocycles. The minimum absolute atomic E-state index is 0.0856. The molecule has 0 aliphatic rings. The van der Waals surface area contributed by atoms with Gasteiger partial charge >= 0.3 is 0 Å². The van der Waals surface area contributed by atoms with E-state index in [1.54, 1.807) is 12.1 Å². The van der Waals surface area contributed by atoms with E-state index in [-0.39, 0.29) is 11.2 Å². The summed E-state index contributed by atoms with van der Waals surface area (Å²) in [4.78, 5) is 2.18. The molecule has 3 heteroatoms. The zero-order valence-electron chi connectivity index (χ0n) is 11.0. The van der Waals surface area contributed by atoms with E-state index >= 15 is 0 Å². The molecule has 1 aromatic rings. The third-order valence-corrected chi connectivity index (χ3v) is 3.47. The van der Waals surface area contributed by atoms with Gasteiger partial charge < -0.3 is 10.6 Å². The standard InChI is InChI=1S/C14H23FN2/c1-4-14(3,10-16)11-17(5-2)13-8-6-7-12(15)9-13/h6-9H,4-5,10-11,16H2,1-3H3. The summed E-state index contributed by atoms with van der Waals surface area (Å²) >= 11 is 0. The Balaban J connectivity index is 2.85. The highest BCUT2D eigenvalue weighted by Crippen LogP contribution is 2.25. The predicted octanol–water partition coefficient (Wildman–Crippen LogP) is 3.03. The summed E-state index contributed by atoms with van der Waals surface area (Å²) in [6.07, 6.45) is 1.02. The number of nitrogens with zero attached hydrogens (tertiary/aromatic N) is 1. The van der Waals surface area contributed by atoms with Crippen molar-refractivity contribution in [2.45, 2.75) is 27.2 Å². The summed E-state index contributed by atoms with van der Waals surface area (Å²) < 4.78 is 13.2. The van der Waals surface area contributed by atoms with Crippen molar-refractivity contribution < 1.29 is 4.39 Å². The highest BCUT2D eigenvalue weighted by Gasteiger charge is 2.23. The molecule has 17 heavy (non-hydrogen) atoms. The maximum Gasteiger partial charge on any atom is 0.125 e. The fourth-order valence-electron chi connectivity index (χ4n) is 1.84. The van der Waals surface area contributed by atoms with Gasteiger partial charge in [0.25, 0.3) is 0 Å². The Bertz CT molecular complexity index is 348. The van der Waals surface area contributed by atoms with Gasteiger partial charge in [-0.05, 0) is 43.5 Å². The Morgan fingerprint density at radius 1 is 1.35 bits per heavy atom. The van der Waals surface area contributed by atoms with Gasteiger partial charge in [-0.2, -0.15) is 0 Å². The molecule has 0 aliphatic carbocycles. The van der Waals surface area contributed by atoms with Crippen molar-refractivity contribution in [3.8, 4) is 0 Å². The molecule has 1 unspecified atom stereocenters. The number of rotatable bonds is 6. The first-order valence-corrected chi connectivity index (χ1v) is 6.25. The van der Waals surface area contributed by atoms with Crippen molar-refractivity contribution in [1.29, 1.82) is 0 Å². The molecule has 0 saturated carbocycles. The van der Waals surface area contributed by atoms with Crippen LogP contribution in [0.15, 0.2) is 24.3 Å². The van der Waals surface area contributed by atoms with Crippen LogP contribution in [-0.2, 0) is 0 Å². The fraction of sp³-hybridized carbons (Fsp3) is 0.571. The van der Waals surface area contributed by atoms with Crippen molar-refractivity contribution in [2.24, 2.45) is 11.1 Å². The summed E-state index contributed by atoms with van der Waals surface area (Å²) in [5.41, 5.74) is 6.84. The molecule has 1 atom stereocenters. The van der Waals surface area contributed by atoms with Gasteiger partial charge in [0.1, 0.15) is 5.82 Å². The Labute approximate surface area is 104 Å². The number of hydrogen-bond acceptors (Lipinski definition) is 2. The SMILES string of the molecule is CCN(CC(C)(CC)CN)c1cccc(F)c1. The van der Waals surface area contributed by atoms with E-state index in [0.717, 1.165) is 25.2 Å². The first-order chi connectivity index (χ1) is 8.04. The van der Waals surface area contributed by atoms with E-state index in [9.17, 15) is 4.39 Å². The van der Waals surface area contributed by atoms with Gasteiger partial charge in [-0.15, -0.1) is 0 Å². The van der Waals surface area contributed by atoms with Crippen LogP contribution in [-0.4, -0.2) is 19.6 Å². The second-order valence-corrected chi connectivity index (χ2v) is 4.86. The fourth-order valence-corrected chi connectivity index (χ4v) is 1.84. The maximum atomic E-state index is 13.2. The van der Waals surface area contributed by atoms with Gasteiger partial charge in [0.15, 0.2) is 0 Å². The Morgan fingerprint density at radius 3 is 2.53 bits per heavy atom. The van der Waals surface area contributed by atoms with Crippen molar-refractivity contribution in [1.82, 2.24) is 0 Å². The average Bonchev–Trinajstić information content (AvgIpc) is 2.35. The molecular weight excluding hydrogens is 215 g/mol. The second kappa shape index (κ2) is 6.01. The van der Waals surface area contributed by atoms with Crippen LogP contribution in [0.3, 0.4) is 0 Å². The van der Waals surface area contributed by atoms with Gasteiger partial charge in [0.2, 0.25) is 0 Å². The highest BCUT2D eigenvalue weighted by molar-refractivity contribution is 5.46. The molecule has 0 aromatic heterocycles. The van der Waals surface area contributed by atoms with Gasteiger partial charge in [-0.1, -0.05) is 19.9 Å². The Hall–Kier alpha value is -1.09. The smallest absolute Gasteiger partial charge is 0.125 e. The monoisotopic (exact) mass is 238 g/mol. The first kappa shape index (κ1) is 14.0. The van der Waals surface area contributed by atoms with Crippen LogP contribution in [0.5, 0.6) is 0 Å². The van der Waals surface area contributed by atoms with Crippen LogP contribution in [0.25, 0.3) is 0 Å². The van der Waals surface area contributed by atoms with Gasteiger partial charge in [0.05, 0.1) is 0 Å². The third kappa shape index (κ3) is 3.70.